The molecule has 2 aromatic rings. The zero-order valence-electron chi connectivity index (χ0n) is 16.4. The van der Waals surface area contributed by atoms with Gasteiger partial charge in [-0.3, -0.25) is 9.69 Å². The van der Waals surface area contributed by atoms with Gasteiger partial charge in [0.15, 0.2) is 0 Å². The van der Waals surface area contributed by atoms with E-state index in [4.69, 9.17) is 0 Å². The summed E-state index contributed by atoms with van der Waals surface area (Å²) in [7, 11) is 0. The molecule has 0 saturated carbocycles. The van der Waals surface area contributed by atoms with Gasteiger partial charge in [-0.05, 0) is 26.0 Å². The topological polar surface area (TPSA) is 77.6 Å². The Bertz CT molecular complexity index is 797. The van der Waals surface area contributed by atoms with Crippen molar-refractivity contribution < 1.29 is 9.59 Å². The summed E-state index contributed by atoms with van der Waals surface area (Å²) in [5.41, 5.74) is 2.95. The minimum atomic E-state index is -0.0553. The van der Waals surface area contributed by atoms with Crippen molar-refractivity contribution in [2.75, 3.05) is 38.0 Å². The first-order chi connectivity index (χ1) is 13.5. The van der Waals surface area contributed by atoms with E-state index in [1.165, 1.54) is 11.3 Å². The molecule has 2 N–H and O–H groups in total. The molecule has 1 aromatic carbocycles. The van der Waals surface area contributed by atoms with Gasteiger partial charge < -0.3 is 15.5 Å². The molecule has 28 heavy (non-hydrogen) atoms. The van der Waals surface area contributed by atoms with Gasteiger partial charge in [-0.15, -0.1) is 11.3 Å². The van der Waals surface area contributed by atoms with Gasteiger partial charge in [0.25, 0.3) is 0 Å². The van der Waals surface area contributed by atoms with Gasteiger partial charge in [0.05, 0.1) is 12.1 Å². The number of urea groups is 1. The van der Waals surface area contributed by atoms with Crippen LogP contribution in [0.4, 0.5) is 10.5 Å². The van der Waals surface area contributed by atoms with Crippen LogP contribution in [-0.4, -0.2) is 59.4 Å². The maximum atomic E-state index is 12.2. The number of anilines is 1. The number of rotatable bonds is 6. The van der Waals surface area contributed by atoms with Crippen molar-refractivity contribution in [3.8, 4) is 0 Å². The van der Waals surface area contributed by atoms with Crippen molar-refractivity contribution in [2.24, 2.45) is 0 Å². The molecule has 1 aromatic heterocycles. The average Bonchev–Trinajstić information content (AvgIpc) is 3.11. The van der Waals surface area contributed by atoms with E-state index in [2.05, 4.69) is 20.5 Å². The maximum absolute atomic E-state index is 12.2. The van der Waals surface area contributed by atoms with Crippen LogP contribution in [0.15, 0.2) is 29.6 Å². The van der Waals surface area contributed by atoms with Crippen LogP contribution in [0.5, 0.6) is 0 Å². The number of hydrogen-bond donors (Lipinski definition) is 2. The summed E-state index contributed by atoms with van der Waals surface area (Å²) >= 11 is 1.52. The largest absolute Gasteiger partial charge is 0.338 e. The molecule has 0 aliphatic carbocycles. The molecule has 0 spiro atoms. The first kappa shape index (κ1) is 20.3. The number of piperazine rings is 1. The van der Waals surface area contributed by atoms with Crippen molar-refractivity contribution in [3.63, 3.8) is 0 Å². The van der Waals surface area contributed by atoms with Gasteiger partial charge in [-0.1, -0.05) is 17.7 Å². The summed E-state index contributed by atoms with van der Waals surface area (Å²) in [6, 6.07) is 7.77. The molecule has 1 aliphatic rings. The molecule has 1 saturated heterocycles. The van der Waals surface area contributed by atoms with Crippen molar-refractivity contribution in [2.45, 2.75) is 26.8 Å². The lowest BCUT2D eigenvalue weighted by atomic mass is 10.2. The number of benzene rings is 1. The van der Waals surface area contributed by atoms with Gasteiger partial charge in [0, 0.05) is 50.3 Å². The summed E-state index contributed by atoms with van der Waals surface area (Å²) in [4.78, 5) is 32.8. The lowest BCUT2D eigenvalue weighted by Gasteiger charge is -2.34. The number of aryl methyl sites for hydroxylation is 1. The SMILES string of the molecule is CCNC(=O)N1CCN(Cc2csc(CC(=O)Nc3ccc(C)cc3)n2)CC1. The van der Waals surface area contributed by atoms with E-state index in [9.17, 15) is 9.59 Å². The molecule has 1 aliphatic heterocycles. The van der Waals surface area contributed by atoms with E-state index in [-0.39, 0.29) is 18.4 Å². The van der Waals surface area contributed by atoms with Crippen LogP contribution in [0.3, 0.4) is 0 Å². The summed E-state index contributed by atoms with van der Waals surface area (Å²) in [6.45, 7) is 8.45. The van der Waals surface area contributed by atoms with Gasteiger partial charge in [-0.2, -0.15) is 0 Å². The van der Waals surface area contributed by atoms with Crippen molar-refractivity contribution in [3.05, 3.63) is 45.9 Å². The van der Waals surface area contributed by atoms with E-state index >= 15 is 0 Å². The fraction of sp³-hybridized carbons (Fsp3) is 0.450. The lowest BCUT2D eigenvalue weighted by Crippen LogP contribution is -2.51. The molecule has 2 heterocycles. The van der Waals surface area contributed by atoms with E-state index in [0.717, 1.165) is 54.7 Å². The van der Waals surface area contributed by atoms with Crippen LogP contribution in [0.1, 0.15) is 23.2 Å². The third kappa shape index (κ3) is 5.77. The van der Waals surface area contributed by atoms with Crippen LogP contribution >= 0.6 is 11.3 Å². The standard InChI is InChI=1S/C20H27N5O2S/c1-3-21-20(27)25-10-8-24(9-11-25)13-17-14-28-19(23-17)12-18(26)22-16-6-4-15(2)5-7-16/h4-7,14H,3,8-13H2,1-2H3,(H,21,27)(H,22,26). The second-order valence-corrected chi connectivity index (χ2v) is 7.86. The Morgan fingerprint density at radius 2 is 1.86 bits per heavy atom. The van der Waals surface area contributed by atoms with Crippen LogP contribution in [-0.2, 0) is 17.8 Å². The Morgan fingerprint density at radius 1 is 1.14 bits per heavy atom. The van der Waals surface area contributed by atoms with Crippen molar-refractivity contribution >= 4 is 29.0 Å². The van der Waals surface area contributed by atoms with Crippen LogP contribution < -0.4 is 10.6 Å². The summed E-state index contributed by atoms with van der Waals surface area (Å²) in [5, 5.41) is 8.59. The lowest BCUT2D eigenvalue weighted by molar-refractivity contribution is -0.115. The number of carbonyl (C=O) groups is 2. The average molecular weight is 402 g/mol. The molecule has 0 bridgehead atoms. The molecule has 0 unspecified atom stereocenters. The quantitative estimate of drug-likeness (QED) is 0.780. The van der Waals surface area contributed by atoms with Crippen molar-refractivity contribution in [1.29, 1.82) is 0 Å². The molecule has 3 amide bonds. The molecule has 0 atom stereocenters. The predicted molar refractivity (Wildman–Crippen MR) is 112 cm³/mol. The van der Waals surface area contributed by atoms with Crippen LogP contribution in [0.2, 0.25) is 0 Å². The van der Waals surface area contributed by atoms with Gasteiger partial charge in [-0.25, -0.2) is 9.78 Å². The fourth-order valence-corrected chi connectivity index (χ4v) is 3.87. The highest BCUT2D eigenvalue weighted by molar-refractivity contribution is 7.09. The number of aromatic nitrogens is 1. The number of thiazole rings is 1. The second kappa shape index (κ2) is 9.66. The first-order valence-electron chi connectivity index (χ1n) is 9.58. The van der Waals surface area contributed by atoms with Gasteiger partial charge in [0.1, 0.15) is 5.01 Å². The summed E-state index contributed by atoms with van der Waals surface area (Å²) < 4.78 is 0. The minimum absolute atomic E-state index is 0.0117. The number of amides is 3. The predicted octanol–water partition coefficient (Wildman–Crippen LogP) is 2.48. The van der Waals surface area contributed by atoms with E-state index < -0.39 is 0 Å². The molecular formula is C20H27N5O2S. The van der Waals surface area contributed by atoms with Gasteiger partial charge >= 0.3 is 6.03 Å². The zero-order chi connectivity index (χ0) is 19.9. The summed E-state index contributed by atoms with van der Waals surface area (Å²) in [6.07, 6.45) is 0.281. The number of nitrogens with one attached hydrogen (secondary N) is 2. The normalized spacial score (nSPS) is 14.7. The Kier molecular flexibility index (Phi) is 7.00. The monoisotopic (exact) mass is 401 g/mol. The van der Waals surface area contributed by atoms with Crippen LogP contribution in [0.25, 0.3) is 0 Å². The number of nitrogens with zero attached hydrogens (tertiary/aromatic N) is 3. The van der Waals surface area contributed by atoms with Crippen molar-refractivity contribution in [1.82, 2.24) is 20.1 Å². The molecule has 3 rings (SSSR count). The molecule has 1 fully saturated rings. The highest BCUT2D eigenvalue weighted by Gasteiger charge is 2.21. The highest BCUT2D eigenvalue weighted by Crippen LogP contribution is 2.15. The van der Waals surface area contributed by atoms with Gasteiger partial charge in [0.2, 0.25) is 5.91 Å². The van der Waals surface area contributed by atoms with E-state index in [1.807, 2.05) is 48.4 Å². The molecule has 7 nitrogen and oxygen atoms in total. The Hall–Kier alpha value is -2.45. The molecular weight excluding hydrogens is 374 g/mol. The third-order valence-electron chi connectivity index (χ3n) is 4.62. The Labute approximate surface area is 169 Å². The summed E-state index contributed by atoms with van der Waals surface area (Å²) in [5.74, 6) is -0.0553. The number of hydrogen-bond acceptors (Lipinski definition) is 5. The fourth-order valence-electron chi connectivity index (χ4n) is 3.08. The van der Waals surface area contributed by atoms with Crippen LogP contribution in [0, 0.1) is 6.92 Å². The van der Waals surface area contributed by atoms with E-state index in [1.54, 1.807) is 0 Å². The first-order valence-corrected chi connectivity index (χ1v) is 10.5. The zero-order valence-corrected chi connectivity index (χ0v) is 17.2. The Balaban J connectivity index is 1.45. The number of carbonyl (C=O) groups excluding carboxylic acids is 2. The smallest absolute Gasteiger partial charge is 0.317 e. The third-order valence-corrected chi connectivity index (χ3v) is 5.52. The minimum Gasteiger partial charge on any atom is -0.338 e. The molecule has 8 heteroatoms. The molecule has 0 radical (unpaired) electrons. The maximum Gasteiger partial charge on any atom is 0.317 e. The van der Waals surface area contributed by atoms with E-state index in [0.29, 0.717) is 6.54 Å². The highest BCUT2D eigenvalue weighted by atomic mass is 32.1. The second-order valence-electron chi connectivity index (χ2n) is 6.92. The molecule has 150 valence electrons. The Morgan fingerprint density at radius 3 is 2.54 bits per heavy atom.